The minimum atomic E-state index is 0.271. The second-order valence-corrected chi connectivity index (χ2v) is 6.56. The summed E-state index contributed by atoms with van der Waals surface area (Å²) in [6.07, 6.45) is 0. The van der Waals surface area contributed by atoms with E-state index in [0.29, 0.717) is 6.04 Å². The zero-order valence-corrected chi connectivity index (χ0v) is 12.9. The predicted octanol–water partition coefficient (Wildman–Crippen LogP) is 2.58. The maximum atomic E-state index is 3.48. The molecule has 2 rings (SSSR count). The Morgan fingerprint density at radius 1 is 1.16 bits per heavy atom. The number of hydrogen-bond acceptors (Lipinski definition) is 3. The van der Waals surface area contributed by atoms with Crippen LogP contribution in [0.1, 0.15) is 20.8 Å². The first kappa shape index (κ1) is 14.2. The number of benzene rings is 1. The summed E-state index contributed by atoms with van der Waals surface area (Å²) >= 11 is 0. The highest BCUT2D eigenvalue weighted by Gasteiger charge is 2.28. The zero-order chi connectivity index (χ0) is 14.0. The molecule has 1 atom stereocenters. The van der Waals surface area contributed by atoms with Gasteiger partial charge in [-0.25, -0.2) is 0 Å². The van der Waals surface area contributed by atoms with Crippen LogP contribution in [0.15, 0.2) is 24.3 Å². The summed E-state index contributed by atoms with van der Waals surface area (Å²) in [7, 11) is 4.24. The van der Waals surface area contributed by atoms with Gasteiger partial charge in [-0.05, 0) is 24.6 Å². The molecule has 0 saturated heterocycles. The van der Waals surface area contributed by atoms with Gasteiger partial charge in [-0.3, -0.25) is 0 Å². The molecule has 19 heavy (non-hydrogen) atoms. The van der Waals surface area contributed by atoms with Crippen molar-refractivity contribution in [3.63, 3.8) is 0 Å². The molecule has 0 radical (unpaired) electrons. The van der Waals surface area contributed by atoms with Gasteiger partial charge >= 0.3 is 0 Å². The van der Waals surface area contributed by atoms with E-state index in [1.54, 1.807) is 0 Å². The first-order valence-corrected chi connectivity index (χ1v) is 7.16. The molecule has 1 heterocycles. The molecule has 1 aromatic carbocycles. The van der Waals surface area contributed by atoms with Crippen LogP contribution in [-0.4, -0.2) is 39.8 Å². The Morgan fingerprint density at radius 3 is 2.37 bits per heavy atom. The van der Waals surface area contributed by atoms with E-state index in [0.717, 1.165) is 19.6 Å². The summed E-state index contributed by atoms with van der Waals surface area (Å²) in [5, 5.41) is 3.48. The lowest BCUT2D eigenvalue weighted by Gasteiger charge is -2.41. The molecular formula is C16H27N3. The third-order valence-corrected chi connectivity index (χ3v) is 4.14. The van der Waals surface area contributed by atoms with Gasteiger partial charge in [0.2, 0.25) is 0 Å². The Morgan fingerprint density at radius 2 is 1.79 bits per heavy atom. The van der Waals surface area contributed by atoms with Crippen LogP contribution in [-0.2, 0) is 0 Å². The molecule has 1 aliphatic rings. The Labute approximate surface area is 117 Å². The van der Waals surface area contributed by atoms with Crippen molar-refractivity contribution in [3.8, 4) is 0 Å². The number of nitrogens with zero attached hydrogens (tertiary/aromatic N) is 2. The fourth-order valence-electron chi connectivity index (χ4n) is 2.77. The molecule has 1 N–H and O–H groups in total. The molecule has 0 bridgehead atoms. The number of hydrogen-bond donors (Lipinski definition) is 1. The second kappa shape index (κ2) is 5.41. The molecule has 1 unspecified atom stereocenters. The Hall–Kier alpha value is -1.22. The molecule has 106 valence electrons. The summed E-state index contributed by atoms with van der Waals surface area (Å²) in [4.78, 5) is 4.86. The lowest BCUT2D eigenvalue weighted by atomic mass is 9.86. The largest absolute Gasteiger partial charge is 0.371 e. The molecule has 0 aliphatic carbocycles. The fourth-order valence-corrected chi connectivity index (χ4v) is 2.77. The van der Waals surface area contributed by atoms with E-state index in [2.05, 4.69) is 74.2 Å². The average Bonchev–Trinajstić information content (AvgIpc) is 2.37. The highest BCUT2D eigenvalue weighted by atomic mass is 15.3. The van der Waals surface area contributed by atoms with Crippen molar-refractivity contribution in [1.82, 2.24) is 5.32 Å². The van der Waals surface area contributed by atoms with E-state index in [-0.39, 0.29) is 5.41 Å². The van der Waals surface area contributed by atoms with Gasteiger partial charge in [-0.2, -0.15) is 0 Å². The molecule has 0 amide bonds. The highest BCUT2D eigenvalue weighted by Crippen LogP contribution is 2.33. The van der Waals surface area contributed by atoms with Gasteiger partial charge in [0.25, 0.3) is 0 Å². The highest BCUT2D eigenvalue weighted by molar-refractivity contribution is 5.73. The van der Waals surface area contributed by atoms with Crippen LogP contribution in [0.3, 0.4) is 0 Å². The van der Waals surface area contributed by atoms with E-state index in [1.165, 1.54) is 11.4 Å². The predicted molar refractivity (Wildman–Crippen MR) is 84.2 cm³/mol. The summed E-state index contributed by atoms with van der Waals surface area (Å²) in [5.41, 5.74) is 2.98. The van der Waals surface area contributed by atoms with Crippen molar-refractivity contribution in [2.45, 2.75) is 26.8 Å². The van der Waals surface area contributed by atoms with Gasteiger partial charge < -0.3 is 15.1 Å². The van der Waals surface area contributed by atoms with Crippen molar-refractivity contribution >= 4 is 11.4 Å². The molecule has 0 aromatic heterocycles. The van der Waals surface area contributed by atoms with E-state index in [1.807, 2.05) is 0 Å². The van der Waals surface area contributed by atoms with Crippen molar-refractivity contribution in [1.29, 1.82) is 0 Å². The van der Waals surface area contributed by atoms with Crippen LogP contribution in [0.2, 0.25) is 0 Å². The molecule has 1 aromatic rings. The minimum absolute atomic E-state index is 0.271. The Bertz CT molecular complexity index is 422. The summed E-state index contributed by atoms with van der Waals surface area (Å²) < 4.78 is 0. The van der Waals surface area contributed by atoms with Crippen molar-refractivity contribution in [2.24, 2.45) is 5.41 Å². The number of rotatable bonds is 3. The quantitative estimate of drug-likeness (QED) is 0.902. The van der Waals surface area contributed by atoms with Crippen molar-refractivity contribution < 1.29 is 0 Å². The fraction of sp³-hybridized carbons (Fsp3) is 0.625. The SMILES string of the molecule is CNC(CN1CCN(C)c2ccccc21)C(C)(C)C. The summed E-state index contributed by atoms with van der Waals surface area (Å²) in [5.74, 6) is 0. The van der Waals surface area contributed by atoms with Crippen LogP contribution in [0.5, 0.6) is 0 Å². The van der Waals surface area contributed by atoms with Crippen LogP contribution in [0.4, 0.5) is 11.4 Å². The molecular weight excluding hydrogens is 234 g/mol. The lowest BCUT2D eigenvalue weighted by molar-refractivity contribution is 0.282. The summed E-state index contributed by atoms with van der Waals surface area (Å²) in [6, 6.07) is 9.20. The van der Waals surface area contributed by atoms with Gasteiger partial charge in [-0.15, -0.1) is 0 Å². The third-order valence-electron chi connectivity index (χ3n) is 4.14. The topological polar surface area (TPSA) is 18.5 Å². The number of nitrogens with one attached hydrogen (secondary N) is 1. The van der Waals surface area contributed by atoms with E-state index >= 15 is 0 Å². The van der Waals surface area contributed by atoms with E-state index in [9.17, 15) is 0 Å². The zero-order valence-electron chi connectivity index (χ0n) is 12.9. The van der Waals surface area contributed by atoms with Gasteiger partial charge in [-0.1, -0.05) is 32.9 Å². The Kier molecular flexibility index (Phi) is 4.04. The van der Waals surface area contributed by atoms with Gasteiger partial charge in [0.15, 0.2) is 0 Å². The van der Waals surface area contributed by atoms with E-state index < -0.39 is 0 Å². The summed E-state index contributed by atoms with van der Waals surface area (Å²) in [6.45, 7) is 10.2. The third kappa shape index (κ3) is 3.03. The lowest BCUT2D eigenvalue weighted by Crippen LogP contribution is -2.50. The normalized spacial score (nSPS) is 17.3. The van der Waals surface area contributed by atoms with Gasteiger partial charge in [0.1, 0.15) is 0 Å². The number of para-hydroxylation sites is 2. The monoisotopic (exact) mass is 261 g/mol. The molecule has 0 fully saturated rings. The van der Waals surface area contributed by atoms with Crippen LogP contribution < -0.4 is 15.1 Å². The number of anilines is 2. The van der Waals surface area contributed by atoms with Gasteiger partial charge in [0.05, 0.1) is 11.4 Å². The molecule has 0 saturated carbocycles. The molecule has 1 aliphatic heterocycles. The maximum absolute atomic E-state index is 3.48. The Balaban J connectivity index is 2.21. The van der Waals surface area contributed by atoms with Crippen LogP contribution >= 0.6 is 0 Å². The van der Waals surface area contributed by atoms with Crippen molar-refractivity contribution in [2.75, 3.05) is 43.5 Å². The standard InChI is InChI=1S/C16H27N3/c1-16(2,3)15(17-4)12-19-11-10-18(5)13-8-6-7-9-14(13)19/h6-9,15,17H,10-12H2,1-5H3. The second-order valence-electron chi connectivity index (χ2n) is 6.56. The number of fused-ring (bicyclic) bond motifs is 1. The first-order chi connectivity index (χ1) is 8.93. The van der Waals surface area contributed by atoms with Crippen LogP contribution in [0.25, 0.3) is 0 Å². The first-order valence-electron chi connectivity index (χ1n) is 7.16. The molecule has 0 spiro atoms. The minimum Gasteiger partial charge on any atom is -0.371 e. The van der Waals surface area contributed by atoms with Gasteiger partial charge in [0, 0.05) is 32.7 Å². The average molecular weight is 261 g/mol. The maximum Gasteiger partial charge on any atom is 0.0605 e. The van der Waals surface area contributed by atoms with Crippen molar-refractivity contribution in [3.05, 3.63) is 24.3 Å². The molecule has 3 heteroatoms. The van der Waals surface area contributed by atoms with E-state index in [4.69, 9.17) is 0 Å². The molecule has 3 nitrogen and oxygen atoms in total. The number of likely N-dealkylation sites (N-methyl/N-ethyl adjacent to an activating group) is 2. The van der Waals surface area contributed by atoms with Crippen LogP contribution in [0, 0.1) is 5.41 Å². The smallest absolute Gasteiger partial charge is 0.0605 e.